The van der Waals surface area contributed by atoms with Gasteiger partial charge in [-0.3, -0.25) is 28.8 Å². The predicted octanol–water partition coefficient (Wildman–Crippen LogP) is 3.70. The lowest BCUT2D eigenvalue weighted by atomic mass is 9.85. The van der Waals surface area contributed by atoms with Crippen LogP contribution in [-0.4, -0.2) is 102 Å². The number of nitrogens with one attached hydrogen (secondary N) is 4. The van der Waals surface area contributed by atoms with E-state index in [0.717, 1.165) is 0 Å². The first-order chi connectivity index (χ1) is 23.7. The molecule has 1 unspecified atom stereocenters. The van der Waals surface area contributed by atoms with Crippen LogP contribution >= 0.6 is 11.3 Å². The molecular weight excluding hydrogens is 676 g/mol. The number of alkyl carbamates (subject to hydrolysis) is 1. The standard InChI is InChI=1S/C33H52N6O8S.C3H8/c1-10-11-14-20(25(41)28(43)34-19-23(40)36-24(29(44)38(8)9)22-16-13-18-48-22)35-27(42)21-15-12-17-39(21)30(45)26(32(2,3)4)37-31(46)47-33(5,6)7;1-3-2/h13,16,18,20-21,24,26H,10-12,14-15,17,19H2,1-9H3,(H,34,43)(H,35,42)(H,36,40)(H,37,46);3H2,1-2H3/t20?,21-,24-,26+;/m0./s1. The summed E-state index contributed by atoms with van der Waals surface area (Å²) in [5, 5.41) is 12.0. The molecule has 4 N–H and O–H groups in total. The normalized spacial score (nSPS) is 16.0. The fraction of sp³-hybridized carbons (Fsp3) is 0.694. The number of carbonyl (C=O) groups is 7. The third-order valence-electron chi connectivity index (χ3n) is 7.55. The quantitative estimate of drug-likeness (QED) is 0.209. The third-order valence-corrected chi connectivity index (χ3v) is 8.48. The number of carbonyl (C=O) groups excluding carboxylic acids is 7. The first-order valence-corrected chi connectivity index (χ1v) is 18.5. The average molecular weight is 737 g/mol. The number of amides is 6. The molecule has 2 rings (SSSR count). The molecular formula is C36H60N6O8S. The van der Waals surface area contributed by atoms with E-state index in [4.69, 9.17) is 4.74 Å². The third kappa shape index (κ3) is 15.0. The highest BCUT2D eigenvalue weighted by molar-refractivity contribution is 7.10. The molecule has 0 aromatic carbocycles. The van der Waals surface area contributed by atoms with E-state index in [9.17, 15) is 33.6 Å². The number of ketones is 1. The predicted molar refractivity (Wildman–Crippen MR) is 197 cm³/mol. The van der Waals surface area contributed by atoms with E-state index in [0.29, 0.717) is 30.6 Å². The molecule has 288 valence electrons. The van der Waals surface area contributed by atoms with Crippen LogP contribution in [0, 0.1) is 5.41 Å². The van der Waals surface area contributed by atoms with Gasteiger partial charge in [-0.25, -0.2) is 4.79 Å². The van der Waals surface area contributed by atoms with E-state index >= 15 is 0 Å². The van der Waals surface area contributed by atoms with Gasteiger partial charge in [0, 0.05) is 25.5 Å². The maximum atomic E-state index is 13.8. The number of likely N-dealkylation sites (N-methyl/N-ethyl adjacent to an activating group) is 1. The zero-order chi connectivity index (χ0) is 39.1. The van der Waals surface area contributed by atoms with Gasteiger partial charge >= 0.3 is 6.09 Å². The van der Waals surface area contributed by atoms with Gasteiger partial charge in [-0.1, -0.05) is 66.9 Å². The minimum Gasteiger partial charge on any atom is -0.444 e. The van der Waals surface area contributed by atoms with Gasteiger partial charge in [0.05, 0.1) is 12.6 Å². The second kappa shape index (κ2) is 20.7. The van der Waals surface area contributed by atoms with E-state index in [1.165, 1.54) is 27.6 Å². The summed E-state index contributed by atoms with van der Waals surface area (Å²) < 4.78 is 5.36. The summed E-state index contributed by atoms with van der Waals surface area (Å²) in [4.78, 5) is 94.8. The highest BCUT2D eigenvalue weighted by Gasteiger charge is 2.43. The van der Waals surface area contributed by atoms with Crippen LogP contribution in [0.3, 0.4) is 0 Å². The summed E-state index contributed by atoms with van der Waals surface area (Å²) in [5.41, 5.74) is -1.50. The lowest BCUT2D eigenvalue weighted by Crippen LogP contribution is -2.59. The Bertz CT molecular complexity index is 1340. The van der Waals surface area contributed by atoms with Crippen molar-refractivity contribution in [3.05, 3.63) is 22.4 Å². The van der Waals surface area contributed by atoms with Gasteiger partial charge in [0.2, 0.25) is 29.4 Å². The Morgan fingerprint density at radius 2 is 1.61 bits per heavy atom. The van der Waals surface area contributed by atoms with Gasteiger partial charge in [-0.15, -0.1) is 11.3 Å². The topological polar surface area (TPSA) is 183 Å². The maximum Gasteiger partial charge on any atom is 0.408 e. The summed E-state index contributed by atoms with van der Waals surface area (Å²) in [5.74, 6) is -4.07. The Morgan fingerprint density at radius 3 is 2.12 bits per heavy atom. The zero-order valence-electron chi connectivity index (χ0n) is 32.3. The lowest BCUT2D eigenvalue weighted by molar-refractivity contribution is -0.144. The van der Waals surface area contributed by atoms with Crippen molar-refractivity contribution >= 4 is 52.7 Å². The van der Waals surface area contributed by atoms with E-state index in [1.807, 2.05) is 6.92 Å². The van der Waals surface area contributed by atoms with Crippen molar-refractivity contribution in [1.82, 2.24) is 31.1 Å². The minimum atomic E-state index is -1.19. The number of ether oxygens (including phenoxy) is 1. The second-order valence-electron chi connectivity index (χ2n) is 14.8. The first-order valence-electron chi connectivity index (χ1n) is 17.6. The molecule has 4 atom stereocenters. The van der Waals surface area contributed by atoms with Gasteiger partial charge in [0.25, 0.3) is 5.91 Å². The Hall–Kier alpha value is -4.01. The number of unbranched alkanes of at least 4 members (excludes halogenated alkanes) is 1. The number of hydrogen-bond acceptors (Lipinski definition) is 9. The van der Waals surface area contributed by atoms with Crippen LogP contribution in [-0.2, 0) is 33.5 Å². The molecule has 0 radical (unpaired) electrons. The van der Waals surface area contributed by atoms with Crippen LogP contribution in [0.4, 0.5) is 4.79 Å². The van der Waals surface area contributed by atoms with Gasteiger partial charge < -0.3 is 35.8 Å². The van der Waals surface area contributed by atoms with Crippen molar-refractivity contribution in [3.8, 4) is 0 Å². The van der Waals surface area contributed by atoms with E-state index in [-0.39, 0.29) is 18.9 Å². The summed E-state index contributed by atoms with van der Waals surface area (Å²) >= 11 is 1.29. The Kier molecular flexibility index (Phi) is 18.3. The molecule has 14 nitrogen and oxygen atoms in total. The highest BCUT2D eigenvalue weighted by atomic mass is 32.1. The van der Waals surface area contributed by atoms with Crippen molar-refractivity contribution in [2.75, 3.05) is 27.2 Å². The van der Waals surface area contributed by atoms with Gasteiger partial charge in [-0.2, -0.15) is 0 Å². The van der Waals surface area contributed by atoms with Gasteiger partial charge in [0.15, 0.2) is 0 Å². The van der Waals surface area contributed by atoms with E-state index in [2.05, 4.69) is 35.1 Å². The number of thiophene rings is 1. The summed E-state index contributed by atoms with van der Waals surface area (Å²) in [6.07, 6.45) is 2.74. The molecule has 15 heteroatoms. The fourth-order valence-electron chi connectivity index (χ4n) is 5.07. The lowest BCUT2D eigenvalue weighted by Gasteiger charge is -2.36. The van der Waals surface area contributed by atoms with Crippen molar-refractivity contribution in [3.63, 3.8) is 0 Å². The molecule has 0 spiro atoms. The molecule has 6 amide bonds. The number of hydrogen-bond donors (Lipinski definition) is 4. The molecule has 1 aromatic heterocycles. The molecule has 1 aliphatic rings. The highest BCUT2D eigenvalue weighted by Crippen LogP contribution is 2.27. The Morgan fingerprint density at radius 1 is 0.980 bits per heavy atom. The molecule has 1 saturated heterocycles. The maximum absolute atomic E-state index is 13.8. The minimum absolute atomic E-state index is 0.171. The molecule has 0 bridgehead atoms. The summed E-state index contributed by atoms with van der Waals surface area (Å²) in [6, 6.07) is -0.603. The zero-order valence-corrected chi connectivity index (χ0v) is 33.1. The summed E-state index contributed by atoms with van der Waals surface area (Å²) in [6.45, 7) is 16.4. The first kappa shape index (κ1) is 45.0. The molecule has 1 fully saturated rings. The second-order valence-corrected chi connectivity index (χ2v) is 15.8. The van der Waals surface area contributed by atoms with Crippen LogP contribution < -0.4 is 21.3 Å². The van der Waals surface area contributed by atoms with Crippen molar-refractivity contribution in [2.24, 2.45) is 5.41 Å². The Labute approximate surface area is 307 Å². The fourth-order valence-corrected chi connectivity index (χ4v) is 5.84. The molecule has 0 aliphatic carbocycles. The van der Waals surface area contributed by atoms with Gasteiger partial charge in [-0.05, 0) is 56.9 Å². The van der Waals surface area contributed by atoms with Crippen LogP contribution in [0.15, 0.2) is 17.5 Å². The molecule has 1 aliphatic heterocycles. The number of Topliss-reactive ketones (excluding diaryl/α,β-unsaturated/α-hetero) is 1. The van der Waals surface area contributed by atoms with Crippen molar-refractivity contribution in [1.29, 1.82) is 0 Å². The smallest absolute Gasteiger partial charge is 0.408 e. The van der Waals surface area contributed by atoms with Gasteiger partial charge in [0.1, 0.15) is 23.7 Å². The Balaban J connectivity index is 0.00000418. The molecule has 51 heavy (non-hydrogen) atoms. The van der Waals surface area contributed by atoms with Crippen LogP contribution in [0.2, 0.25) is 0 Å². The SMILES string of the molecule is CCC.CCCCC(NC(=O)[C@@H]1CCCN1C(=O)[C@@H](NC(=O)OC(C)(C)C)C(C)(C)C)C(=O)C(=O)NCC(=O)N[C@H](C(=O)N(C)C)c1cccs1. The number of nitrogens with zero attached hydrogens (tertiary/aromatic N) is 2. The number of rotatable bonds is 14. The van der Waals surface area contributed by atoms with Crippen LogP contribution in [0.5, 0.6) is 0 Å². The average Bonchev–Trinajstić information content (AvgIpc) is 3.74. The summed E-state index contributed by atoms with van der Waals surface area (Å²) in [7, 11) is 3.12. The van der Waals surface area contributed by atoms with Crippen LogP contribution in [0.1, 0.15) is 112 Å². The van der Waals surface area contributed by atoms with Crippen molar-refractivity contribution < 1.29 is 38.3 Å². The van der Waals surface area contributed by atoms with E-state index in [1.54, 1.807) is 73.2 Å². The number of likely N-dealkylation sites (tertiary alicyclic amines) is 1. The molecule has 0 saturated carbocycles. The monoisotopic (exact) mass is 736 g/mol. The molecule has 1 aromatic rings. The largest absolute Gasteiger partial charge is 0.444 e. The van der Waals surface area contributed by atoms with Crippen molar-refractivity contribution in [2.45, 2.75) is 131 Å². The molecule has 2 heterocycles. The van der Waals surface area contributed by atoms with E-state index < -0.39 is 77.2 Å². The van der Waals surface area contributed by atoms with Crippen LogP contribution in [0.25, 0.3) is 0 Å².